The Hall–Kier alpha value is -1.79. The first kappa shape index (κ1) is 10.3. The van der Waals surface area contributed by atoms with Crippen LogP contribution in [0.15, 0.2) is 18.2 Å². The van der Waals surface area contributed by atoms with Gasteiger partial charge < -0.3 is 20.7 Å². The Kier molecular flexibility index (Phi) is 2.90. The Morgan fingerprint density at radius 2 is 2.14 bits per heavy atom. The highest BCUT2D eigenvalue weighted by Crippen LogP contribution is 2.26. The third-order valence-corrected chi connectivity index (χ3v) is 1.72. The number of rotatable bonds is 3. The van der Waals surface area contributed by atoms with E-state index in [9.17, 15) is 9.90 Å². The Morgan fingerprint density at radius 3 is 2.64 bits per heavy atom. The predicted octanol–water partition coefficient (Wildman–Crippen LogP) is -0.204. The number of anilines is 1. The van der Waals surface area contributed by atoms with Crippen molar-refractivity contribution in [3.05, 3.63) is 23.8 Å². The Bertz CT molecular complexity index is 353. The van der Waals surface area contributed by atoms with E-state index in [0.29, 0.717) is 0 Å². The van der Waals surface area contributed by atoms with E-state index in [1.807, 2.05) is 0 Å². The topological polar surface area (TPSA) is 116 Å². The molecule has 1 aromatic rings. The standard InChI is InChI=1S/C8H10N2O4/c9-10-6-2-1-4(11)3-5(6)7(12)8(13)14/h1-3,7,10-12H,9H2,(H,13,14). The van der Waals surface area contributed by atoms with Gasteiger partial charge in [0.1, 0.15) is 5.75 Å². The number of benzene rings is 1. The molecule has 1 rings (SSSR count). The van der Waals surface area contributed by atoms with E-state index in [4.69, 9.17) is 16.1 Å². The lowest BCUT2D eigenvalue weighted by Gasteiger charge is -2.11. The summed E-state index contributed by atoms with van der Waals surface area (Å²) in [7, 11) is 0. The van der Waals surface area contributed by atoms with E-state index in [1.54, 1.807) is 0 Å². The summed E-state index contributed by atoms with van der Waals surface area (Å²) in [6.07, 6.45) is -1.71. The van der Waals surface area contributed by atoms with Crippen molar-refractivity contribution in [2.24, 2.45) is 5.84 Å². The summed E-state index contributed by atoms with van der Waals surface area (Å²) in [5.41, 5.74) is 2.49. The van der Waals surface area contributed by atoms with Gasteiger partial charge in [0.25, 0.3) is 0 Å². The summed E-state index contributed by atoms with van der Waals surface area (Å²) >= 11 is 0. The number of aromatic hydroxyl groups is 1. The summed E-state index contributed by atoms with van der Waals surface area (Å²) in [4.78, 5) is 10.5. The fourth-order valence-corrected chi connectivity index (χ4v) is 1.04. The van der Waals surface area contributed by atoms with Gasteiger partial charge in [-0.15, -0.1) is 0 Å². The van der Waals surface area contributed by atoms with Gasteiger partial charge in [-0.25, -0.2) is 4.79 Å². The number of aliphatic hydroxyl groups excluding tert-OH is 1. The first-order valence-corrected chi connectivity index (χ1v) is 3.76. The van der Waals surface area contributed by atoms with Crippen LogP contribution >= 0.6 is 0 Å². The van der Waals surface area contributed by atoms with Gasteiger partial charge in [-0.2, -0.15) is 0 Å². The summed E-state index contributed by atoms with van der Waals surface area (Å²) in [6.45, 7) is 0. The first-order chi connectivity index (χ1) is 6.56. The second-order valence-corrected chi connectivity index (χ2v) is 2.66. The van der Waals surface area contributed by atoms with Crippen molar-refractivity contribution in [1.29, 1.82) is 0 Å². The van der Waals surface area contributed by atoms with Gasteiger partial charge >= 0.3 is 5.97 Å². The molecule has 0 amide bonds. The number of hydrogen-bond donors (Lipinski definition) is 5. The van der Waals surface area contributed by atoms with Crippen molar-refractivity contribution in [2.45, 2.75) is 6.10 Å². The number of hydrogen-bond acceptors (Lipinski definition) is 5. The first-order valence-electron chi connectivity index (χ1n) is 3.76. The number of aliphatic hydroxyl groups is 1. The number of carbonyl (C=O) groups is 1. The number of phenolic OH excluding ortho intramolecular Hbond substituents is 1. The number of carboxylic acid groups (broad SMARTS) is 1. The molecule has 0 bridgehead atoms. The van der Waals surface area contributed by atoms with Gasteiger partial charge in [0.05, 0.1) is 5.69 Å². The molecule has 0 aromatic heterocycles. The molecule has 76 valence electrons. The third-order valence-electron chi connectivity index (χ3n) is 1.72. The summed E-state index contributed by atoms with van der Waals surface area (Å²) in [5, 5.41) is 26.9. The van der Waals surface area contributed by atoms with E-state index in [1.165, 1.54) is 12.1 Å². The molecule has 0 saturated carbocycles. The number of nitrogens with two attached hydrogens (primary N) is 1. The second-order valence-electron chi connectivity index (χ2n) is 2.66. The summed E-state index contributed by atoms with van der Waals surface area (Å²) in [6, 6.07) is 3.83. The van der Waals surface area contributed by atoms with E-state index in [-0.39, 0.29) is 17.0 Å². The highest BCUT2D eigenvalue weighted by Gasteiger charge is 2.19. The third kappa shape index (κ3) is 1.93. The number of phenols is 1. The minimum absolute atomic E-state index is 0.0139. The molecule has 6 N–H and O–H groups in total. The monoisotopic (exact) mass is 198 g/mol. The highest BCUT2D eigenvalue weighted by atomic mass is 16.4. The van der Waals surface area contributed by atoms with Crippen molar-refractivity contribution >= 4 is 11.7 Å². The van der Waals surface area contributed by atoms with Crippen LogP contribution < -0.4 is 11.3 Å². The molecule has 0 radical (unpaired) electrons. The normalized spacial score (nSPS) is 12.1. The fourth-order valence-electron chi connectivity index (χ4n) is 1.04. The minimum atomic E-state index is -1.71. The maximum atomic E-state index is 10.5. The van der Waals surface area contributed by atoms with E-state index in [2.05, 4.69) is 5.43 Å². The van der Waals surface area contributed by atoms with Gasteiger partial charge in [-0.05, 0) is 18.2 Å². The van der Waals surface area contributed by atoms with Crippen LogP contribution in [0.25, 0.3) is 0 Å². The molecule has 0 aliphatic carbocycles. The Labute approximate surface area is 79.6 Å². The van der Waals surface area contributed by atoms with Crippen molar-refractivity contribution in [1.82, 2.24) is 0 Å². The lowest BCUT2D eigenvalue weighted by atomic mass is 10.1. The average Bonchev–Trinajstić information content (AvgIpc) is 2.16. The number of carboxylic acids is 1. The van der Waals surface area contributed by atoms with E-state index < -0.39 is 12.1 Å². The van der Waals surface area contributed by atoms with Crippen LogP contribution in [0.5, 0.6) is 5.75 Å². The molecule has 0 aliphatic heterocycles. The second kappa shape index (κ2) is 3.95. The number of nitrogen functional groups attached to an aromatic ring is 1. The number of hydrazine groups is 1. The molecule has 0 aliphatic rings. The van der Waals surface area contributed by atoms with Gasteiger partial charge in [-0.3, -0.25) is 5.84 Å². The van der Waals surface area contributed by atoms with Crippen molar-refractivity contribution < 1.29 is 20.1 Å². The molecule has 0 heterocycles. The number of aliphatic carboxylic acids is 1. The highest BCUT2D eigenvalue weighted by molar-refractivity contribution is 5.77. The van der Waals surface area contributed by atoms with Crippen molar-refractivity contribution in [3.63, 3.8) is 0 Å². The van der Waals surface area contributed by atoms with Crippen molar-refractivity contribution in [3.8, 4) is 5.75 Å². The van der Waals surface area contributed by atoms with Gasteiger partial charge in [-0.1, -0.05) is 0 Å². The van der Waals surface area contributed by atoms with Crippen LogP contribution in [0, 0.1) is 0 Å². The number of nitrogens with one attached hydrogen (secondary N) is 1. The maximum absolute atomic E-state index is 10.5. The fraction of sp³-hybridized carbons (Fsp3) is 0.125. The quantitative estimate of drug-likeness (QED) is 0.261. The zero-order valence-corrected chi connectivity index (χ0v) is 7.14. The molecule has 1 atom stereocenters. The molecule has 0 spiro atoms. The van der Waals surface area contributed by atoms with Crippen LogP contribution in [0.2, 0.25) is 0 Å². The summed E-state index contributed by atoms with van der Waals surface area (Å²) in [5.74, 6) is 3.55. The average molecular weight is 198 g/mol. The minimum Gasteiger partial charge on any atom is -0.508 e. The molecule has 0 saturated heterocycles. The predicted molar refractivity (Wildman–Crippen MR) is 48.5 cm³/mol. The molecular formula is C8H10N2O4. The Morgan fingerprint density at radius 1 is 1.50 bits per heavy atom. The zero-order valence-electron chi connectivity index (χ0n) is 7.14. The molecule has 6 nitrogen and oxygen atoms in total. The van der Waals surface area contributed by atoms with Gasteiger partial charge in [0.2, 0.25) is 0 Å². The van der Waals surface area contributed by atoms with Crippen molar-refractivity contribution in [2.75, 3.05) is 5.43 Å². The van der Waals surface area contributed by atoms with Gasteiger partial charge in [0, 0.05) is 5.56 Å². The van der Waals surface area contributed by atoms with Crippen LogP contribution in [0.3, 0.4) is 0 Å². The zero-order chi connectivity index (χ0) is 10.7. The molecule has 14 heavy (non-hydrogen) atoms. The SMILES string of the molecule is NNc1ccc(O)cc1C(O)C(=O)O. The maximum Gasteiger partial charge on any atom is 0.337 e. The van der Waals surface area contributed by atoms with E-state index >= 15 is 0 Å². The van der Waals surface area contributed by atoms with E-state index in [0.717, 1.165) is 6.07 Å². The lowest BCUT2D eigenvalue weighted by Crippen LogP contribution is -2.15. The van der Waals surface area contributed by atoms with Crippen LogP contribution in [-0.2, 0) is 4.79 Å². The smallest absolute Gasteiger partial charge is 0.337 e. The molecule has 1 unspecified atom stereocenters. The molecule has 6 heteroatoms. The largest absolute Gasteiger partial charge is 0.508 e. The molecule has 0 fully saturated rings. The van der Waals surface area contributed by atoms with Crippen LogP contribution in [0.1, 0.15) is 11.7 Å². The summed E-state index contributed by atoms with van der Waals surface area (Å²) < 4.78 is 0. The van der Waals surface area contributed by atoms with Crippen LogP contribution in [-0.4, -0.2) is 21.3 Å². The van der Waals surface area contributed by atoms with Gasteiger partial charge in [0.15, 0.2) is 6.10 Å². The lowest BCUT2D eigenvalue weighted by molar-refractivity contribution is -0.146. The molecular weight excluding hydrogens is 188 g/mol. The molecule has 1 aromatic carbocycles. The Balaban J connectivity index is 3.16. The van der Waals surface area contributed by atoms with Crippen LogP contribution in [0.4, 0.5) is 5.69 Å².